The second-order valence-electron chi connectivity index (χ2n) is 7.00. The third-order valence-corrected chi connectivity index (χ3v) is 5.60. The summed E-state index contributed by atoms with van der Waals surface area (Å²) < 4.78 is 5.67. The lowest BCUT2D eigenvalue weighted by Gasteiger charge is -2.25. The molecule has 2 heterocycles. The number of hydrogen-bond acceptors (Lipinski definition) is 5. The Morgan fingerprint density at radius 2 is 2.25 bits per heavy atom. The van der Waals surface area contributed by atoms with Gasteiger partial charge in [0.05, 0.1) is 23.1 Å². The van der Waals surface area contributed by atoms with Crippen molar-refractivity contribution in [3.05, 3.63) is 29.0 Å². The van der Waals surface area contributed by atoms with Gasteiger partial charge in [-0.2, -0.15) is 0 Å². The SMILES string of the molecule is Cc1oc(-c2cccs2)nc1CC(=O)NCC1([C@H](O)C(C)C)CC1. The Labute approximate surface area is 146 Å². The van der Waals surface area contributed by atoms with Gasteiger partial charge in [0.25, 0.3) is 0 Å². The van der Waals surface area contributed by atoms with E-state index in [0.717, 1.165) is 17.7 Å². The number of amides is 1. The molecule has 0 spiro atoms. The minimum absolute atomic E-state index is 0.0774. The number of aromatic nitrogens is 1. The molecule has 2 aromatic heterocycles. The van der Waals surface area contributed by atoms with Crippen LogP contribution in [0.15, 0.2) is 21.9 Å². The van der Waals surface area contributed by atoms with Crippen molar-refractivity contribution in [2.24, 2.45) is 11.3 Å². The van der Waals surface area contributed by atoms with Gasteiger partial charge in [-0.05, 0) is 37.1 Å². The number of rotatable bonds is 7. The molecule has 0 saturated heterocycles. The zero-order valence-corrected chi connectivity index (χ0v) is 15.2. The average Bonchev–Trinajstić information content (AvgIpc) is 2.96. The standard InChI is InChI=1S/C18H24N2O3S/c1-11(2)16(22)18(6-7-18)10-19-15(21)9-13-12(3)23-17(20-13)14-5-4-8-24-14/h4-5,8,11,16,22H,6-7,9-10H2,1-3H3,(H,19,21)/t16-/m1/s1. The van der Waals surface area contributed by atoms with Crippen LogP contribution >= 0.6 is 11.3 Å². The molecular formula is C18H24N2O3S. The van der Waals surface area contributed by atoms with Gasteiger partial charge in [0.2, 0.25) is 11.8 Å². The first-order valence-corrected chi connectivity index (χ1v) is 9.24. The summed E-state index contributed by atoms with van der Waals surface area (Å²) in [7, 11) is 0. The van der Waals surface area contributed by atoms with Crippen LogP contribution in [-0.4, -0.2) is 28.6 Å². The zero-order chi connectivity index (χ0) is 17.3. The normalized spacial score (nSPS) is 17.0. The number of hydrogen-bond donors (Lipinski definition) is 2. The maximum atomic E-state index is 12.3. The Balaban J connectivity index is 1.58. The van der Waals surface area contributed by atoms with Crippen LogP contribution < -0.4 is 5.32 Å². The van der Waals surface area contributed by atoms with Crippen molar-refractivity contribution in [2.45, 2.75) is 46.1 Å². The number of oxazole rings is 1. The molecule has 2 aromatic rings. The number of carbonyl (C=O) groups excluding carboxylic acids is 1. The molecule has 1 amide bonds. The highest BCUT2D eigenvalue weighted by Gasteiger charge is 2.49. The number of aryl methyl sites for hydroxylation is 1. The van der Waals surface area contributed by atoms with Gasteiger partial charge >= 0.3 is 0 Å². The lowest BCUT2D eigenvalue weighted by Crippen LogP contribution is -2.39. The maximum absolute atomic E-state index is 12.3. The summed E-state index contributed by atoms with van der Waals surface area (Å²) in [4.78, 5) is 17.7. The fourth-order valence-corrected chi connectivity index (χ4v) is 3.68. The van der Waals surface area contributed by atoms with Gasteiger partial charge < -0.3 is 14.8 Å². The van der Waals surface area contributed by atoms with E-state index in [0.29, 0.717) is 23.9 Å². The number of aliphatic hydroxyl groups is 1. The van der Waals surface area contributed by atoms with Crippen LogP contribution in [0.1, 0.15) is 38.1 Å². The van der Waals surface area contributed by atoms with Gasteiger partial charge in [-0.1, -0.05) is 19.9 Å². The number of carbonyl (C=O) groups is 1. The highest BCUT2D eigenvalue weighted by atomic mass is 32.1. The predicted octanol–water partition coefficient (Wildman–Crippen LogP) is 3.17. The molecule has 6 heteroatoms. The highest BCUT2D eigenvalue weighted by molar-refractivity contribution is 7.13. The molecule has 0 unspecified atom stereocenters. The van der Waals surface area contributed by atoms with Crippen molar-refractivity contribution in [1.29, 1.82) is 0 Å². The molecule has 0 bridgehead atoms. The van der Waals surface area contributed by atoms with E-state index in [4.69, 9.17) is 4.42 Å². The molecule has 1 atom stereocenters. The van der Waals surface area contributed by atoms with Crippen LogP contribution in [0.2, 0.25) is 0 Å². The summed E-state index contributed by atoms with van der Waals surface area (Å²) in [5.41, 5.74) is 0.537. The molecule has 1 fully saturated rings. The lowest BCUT2D eigenvalue weighted by molar-refractivity contribution is -0.121. The molecule has 1 aliphatic rings. The predicted molar refractivity (Wildman–Crippen MR) is 93.8 cm³/mol. The second-order valence-corrected chi connectivity index (χ2v) is 7.95. The smallest absolute Gasteiger partial charge is 0.236 e. The Hall–Kier alpha value is -1.66. The third-order valence-electron chi connectivity index (χ3n) is 4.74. The fourth-order valence-electron chi connectivity index (χ4n) is 3.03. The number of nitrogens with zero attached hydrogens (tertiary/aromatic N) is 1. The maximum Gasteiger partial charge on any atom is 0.236 e. The van der Waals surface area contributed by atoms with E-state index >= 15 is 0 Å². The van der Waals surface area contributed by atoms with Gasteiger partial charge in [0.1, 0.15) is 5.76 Å². The van der Waals surface area contributed by atoms with Crippen molar-refractivity contribution in [3.8, 4) is 10.8 Å². The first kappa shape index (κ1) is 17.2. The Morgan fingerprint density at radius 3 is 2.83 bits per heavy atom. The average molecular weight is 348 g/mol. The summed E-state index contributed by atoms with van der Waals surface area (Å²) in [5, 5.41) is 15.2. The molecule has 0 aliphatic heterocycles. The van der Waals surface area contributed by atoms with E-state index in [-0.39, 0.29) is 29.8 Å². The molecule has 130 valence electrons. The molecule has 1 saturated carbocycles. The summed E-state index contributed by atoms with van der Waals surface area (Å²) in [6, 6.07) is 3.89. The van der Waals surface area contributed by atoms with Crippen molar-refractivity contribution >= 4 is 17.2 Å². The first-order chi connectivity index (χ1) is 11.4. The molecule has 2 N–H and O–H groups in total. The van der Waals surface area contributed by atoms with Gasteiger partial charge in [0.15, 0.2) is 0 Å². The van der Waals surface area contributed by atoms with Crippen molar-refractivity contribution in [1.82, 2.24) is 10.3 Å². The molecule has 24 heavy (non-hydrogen) atoms. The van der Waals surface area contributed by atoms with E-state index in [9.17, 15) is 9.90 Å². The van der Waals surface area contributed by atoms with Crippen LogP contribution in [0.5, 0.6) is 0 Å². The van der Waals surface area contributed by atoms with E-state index in [2.05, 4.69) is 10.3 Å². The summed E-state index contributed by atoms with van der Waals surface area (Å²) >= 11 is 1.56. The largest absolute Gasteiger partial charge is 0.440 e. The van der Waals surface area contributed by atoms with Crippen LogP contribution in [0.25, 0.3) is 10.8 Å². The molecular weight excluding hydrogens is 324 g/mol. The van der Waals surface area contributed by atoms with Crippen molar-refractivity contribution in [3.63, 3.8) is 0 Å². The monoisotopic (exact) mass is 348 g/mol. The first-order valence-electron chi connectivity index (χ1n) is 8.36. The Morgan fingerprint density at radius 1 is 1.50 bits per heavy atom. The van der Waals surface area contributed by atoms with Crippen LogP contribution in [0, 0.1) is 18.3 Å². The second kappa shape index (κ2) is 6.69. The van der Waals surface area contributed by atoms with E-state index in [1.165, 1.54) is 0 Å². The Kier molecular flexibility index (Phi) is 4.78. The van der Waals surface area contributed by atoms with E-state index < -0.39 is 0 Å². The van der Waals surface area contributed by atoms with Gasteiger partial charge in [-0.15, -0.1) is 11.3 Å². The molecule has 1 aliphatic carbocycles. The number of nitrogens with one attached hydrogen (secondary N) is 1. The molecule has 0 radical (unpaired) electrons. The molecule has 3 rings (SSSR count). The summed E-state index contributed by atoms with van der Waals surface area (Å²) in [5.74, 6) is 1.37. The summed E-state index contributed by atoms with van der Waals surface area (Å²) in [6.45, 7) is 6.38. The van der Waals surface area contributed by atoms with Gasteiger partial charge in [-0.25, -0.2) is 4.98 Å². The van der Waals surface area contributed by atoms with Crippen LogP contribution in [-0.2, 0) is 11.2 Å². The number of aliphatic hydroxyl groups excluding tert-OH is 1. The van der Waals surface area contributed by atoms with Gasteiger partial charge in [-0.3, -0.25) is 4.79 Å². The minimum Gasteiger partial charge on any atom is -0.440 e. The highest BCUT2D eigenvalue weighted by Crippen LogP contribution is 2.50. The van der Waals surface area contributed by atoms with Gasteiger partial charge in [0, 0.05) is 12.0 Å². The number of thiophene rings is 1. The van der Waals surface area contributed by atoms with Crippen molar-refractivity contribution < 1.29 is 14.3 Å². The Bertz CT molecular complexity index is 702. The zero-order valence-electron chi connectivity index (χ0n) is 14.3. The molecule has 5 nitrogen and oxygen atoms in total. The lowest BCUT2D eigenvalue weighted by atomic mass is 9.90. The van der Waals surface area contributed by atoms with Crippen LogP contribution in [0.4, 0.5) is 0 Å². The van der Waals surface area contributed by atoms with E-state index in [1.807, 2.05) is 38.3 Å². The quantitative estimate of drug-likeness (QED) is 0.806. The van der Waals surface area contributed by atoms with Crippen LogP contribution in [0.3, 0.4) is 0 Å². The van der Waals surface area contributed by atoms with Crippen molar-refractivity contribution in [2.75, 3.05) is 6.54 Å². The molecule has 0 aromatic carbocycles. The fraction of sp³-hybridized carbons (Fsp3) is 0.556. The third kappa shape index (κ3) is 3.54. The minimum atomic E-state index is -0.364. The topological polar surface area (TPSA) is 75.4 Å². The summed E-state index contributed by atoms with van der Waals surface area (Å²) in [6.07, 6.45) is 1.78. The van der Waals surface area contributed by atoms with E-state index in [1.54, 1.807) is 11.3 Å².